The summed E-state index contributed by atoms with van der Waals surface area (Å²) in [7, 11) is 0. The summed E-state index contributed by atoms with van der Waals surface area (Å²) in [5.74, 6) is -0.825. The minimum absolute atomic E-state index is 0.0124. The number of hydrogen-bond donors (Lipinski definition) is 2. The Kier molecular flexibility index (Phi) is 5.12. The largest absolute Gasteiger partial charge is 0.481 e. The quantitative estimate of drug-likeness (QED) is 0.830. The van der Waals surface area contributed by atoms with Crippen LogP contribution in [0.25, 0.3) is 0 Å². The van der Waals surface area contributed by atoms with Crippen molar-refractivity contribution >= 4 is 23.8 Å². The van der Waals surface area contributed by atoms with Crippen molar-refractivity contribution in [2.75, 3.05) is 25.9 Å². The molecule has 1 heterocycles. The number of carbonyl (C=O) groups is 2. The first-order valence-electron chi connectivity index (χ1n) is 6.51. The molecule has 0 bridgehead atoms. The van der Waals surface area contributed by atoms with Crippen molar-refractivity contribution in [2.45, 2.75) is 38.4 Å². The summed E-state index contributed by atoms with van der Waals surface area (Å²) in [6.07, 6.45) is 3.37. The predicted octanol–water partition coefficient (Wildman–Crippen LogP) is 2.02. The number of carboxylic acids is 1. The zero-order valence-electron chi connectivity index (χ0n) is 12.2. The third-order valence-corrected chi connectivity index (χ3v) is 4.97. The summed E-state index contributed by atoms with van der Waals surface area (Å²) in [6, 6.07) is -0.158. The Balaban J connectivity index is 2.56. The number of nitrogens with zero attached hydrogens (tertiary/aromatic N) is 1. The zero-order valence-corrected chi connectivity index (χ0v) is 13.0. The third-order valence-electron chi connectivity index (χ3n) is 3.72. The standard InChI is InChI=1S/C13H24N2O3S/c1-12(2,19-4)8-14-11(18)15-7-5-6-13(3,9-15)10(16)17/h5-9H2,1-4H3,(H,14,18)(H,16,17). The summed E-state index contributed by atoms with van der Waals surface area (Å²) in [5, 5.41) is 12.1. The first-order chi connectivity index (χ1) is 8.70. The molecule has 1 aliphatic heterocycles. The molecule has 0 aromatic rings. The van der Waals surface area contributed by atoms with E-state index in [4.69, 9.17) is 0 Å². The van der Waals surface area contributed by atoms with Crippen molar-refractivity contribution in [1.82, 2.24) is 10.2 Å². The maximum absolute atomic E-state index is 12.1. The lowest BCUT2D eigenvalue weighted by atomic mass is 9.82. The van der Waals surface area contributed by atoms with Gasteiger partial charge in [0.1, 0.15) is 0 Å². The van der Waals surface area contributed by atoms with Crippen molar-refractivity contribution < 1.29 is 14.7 Å². The minimum Gasteiger partial charge on any atom is -0.481 e. The van der Waals surface area contributed by atoms with Gasteiger partial charge in [-0.1, -0.05) is 0 Å². The number of amides is 2. The van der Waals surface area contributed by atoms with Crippen LogP contribution in [0.5, 0.6) is 0 Å². The minimum atomic E-state index is -0.825. The molecule has 110 valence electrons. The van der Waals surface area contributed by atoms with Crippen molar-refractivity contribution in [1.29, 1.82) is 0 Å². The summed E-state index contributed by atoms with van der Waals surface area (Å²) in [6.45, 7) is 7.33. The van der Waals surface area contributed by atoms with Crippen LogP contribution < -0.4 is 5.32 Å². The SMILES string of the molecule is CSC(C)(C)CNC(=O)N1CCCC(C)(C(=O)O)C1. The number of carbonyl (C=O) groups excluding carboxylic acids is 1. The van der Waals surface area contributed by atoms with Gasteiger partial charge in [0.15, 0.2) is 0 Å². The van der Waals surface area contributed by atoms with Gasteiger partial charge in [-0.15, -0.1) is 0 Å². The molecule has 0 aliphatic carbocycles. The van der Waals surface area contributed by atoms with E-state index in [2.05, 4.69) is 19.2 Å². The molecular formula is C13H24N2O3S. The van der Waals surface area contributed by atoms with E-state index in [1.54, 1.807) is 23.6 Å². The van der Waals surface area contributed by atoms with Crippen LogP contribution in [0.3, 0.4) is 0 Å². The van der Waals surface area contributed by atoms with Crippen molar-refractivity contribution in [3.8, 4) is 0 Å². The van der Waals surface area contributed by atoms with Crippen LogP contribution in [0.1, 0.15) is 33.6 Å². The Bertz CT molecular complexity index is 360. The molecule has 1 aliphatic rings. The van der Waals surface area contributed by atoms with Gasteiger partial charge in [0.25, 0.3) is 0 Å². The second kappa shape index (κ2) is 6.03. The van der Waals surface area contributed by atoms with E-state index in [0.29, 0.717) is 19.5 Å². The van der Waals surface area contributed by atoms with Gasteiger partial charge in [0.2, 0.25) is 0 Å². The number of nitrogens with one attached hydrogen (secondary N) is 1. The van der Waals surface area contributed by atoms with E-state index >= 15 is 0 Å². The molecule has 0 aromatic carbocycles. The number of hydrogen-bond acceptors (Lipinski definition) is 3. The number of urea groups is 1. The van der Waals surface area contributed by atoms with Crippen molar-refractivity contribution in [2.24, 2.45) is 5.41 Å². The van der Waals surface area contributed by atoms with E-state index < -0.39 is 11.4 Å². The zero-order chi connectivity index (χ0) is 14.7. The van der Waals surface area contributed by atoms with E-state index in [0.717, 1.165) is 6.42 Å². The third kappa shape index (κ3) is 4.30. The lowest BCUT2D eigenvalue weighted by molar-refractivity contribution is -0.150. The molecule has 6 heteroatoms. The molecule has 2 N–H and O–H groups in total. The maximum atomic E-state index is 12.1. The molecule has 0 spiro atoms. The number of piperidine rings is 1. The van der Waals surface area contributed by atoms with E-state index in [1.807, 2.05) is 6.26 Å². The normalized spacial score (nSPS) is 24.1. The summed E-state index contributed by atoms with van der Waals surface area (Å²) < 4.78 is -0.0124. The highest BCUT2D eigenvalue weighted by Crippen LogP contribution is 2.29. The first kappa shape index (κ1) is 16.1. The molecule has 1 atom stereocenters. The smallest absolute Gasteiger partial charge is 0.317 e. The molecule has 1 rings (SSSR count). The van der Waals surface area contributed by atoms with Gasteiger partial charge in [0.05, 0.1) is 5.41 Å². The average molecular weight is 288 g/mol. The Morgan fingerprint density at radius 2 is 2.11 bits per heavy atom. The first-order valence-corrected chi connectivity index (χ1v) is 7.74. The van der Waals surface area contributed by atoms with E-state index in [9.17, 15) is 14.7 Å². The van der Waals surface area contributed by atoms with Crippen LogP contribution in [0, 0.1) is 5.41 Å². The van der Waals surface area contributed by atoms with Gasteiger partial charge in [0, 0.05) is 24.4 Å². The van der Waals surface area contributed by atoms with Crippen LogP contribution >= 0.6 is 11.8 Å². The van der Waals surface area contributed by atoms with E-state index in [-0.39, 0.29) is 17.3 Å². The second-order valence-electron chi connectivity index (χ2n) is 6.01. The monoisotopic (exact) mass is 288 g/mol. The summed E-state index contributed by atoms with van der Waals surface area (Å²) in [4.78, 5) is 24.9. The highest BCUT2D eigenvalue weighted by Gasteiger charge is 2.39. The number of likely N-dealkylation sites (tertiary alicyclic amines) is 1. The molecule has 2 amide bonds. The lowest BCUT2D eigenvalue weighted by Crippen LogP contribution is -2.52. The molecule has 0 radical (unpaired) electrons. The van der Waals surface area contributed by atoms with Gasteiger partial charge < -0.3 is 15.3 Å². The topological polar surface area (TPSA) is 69.6 Å². The highest BCUT2D eigenvalue weighted by atomic mass is 32.2. The van der Waals surface area contributed by atoms with Crippen LogP contribution in [0.2, 0.25) is 0 Å². The van der Waals surface area contributed by atoms with Gasteiger partial charge in [-0.05, 0) is 39.9 Å². The maximum Gasteiger partial charge on any atom is 0.317 e. The summed E-state index contributed by atoms with van der Waals surface area (Å²) >= 11 is 1.69. The Hall–Kier alpha value is -0.910. The predicted molar refractivity (Wildman–Crippen MR) is 77.5 cm³/mol. The number of carboxylic acid groups (broad SMARTS) is 1. The van der Waals surface area contributed by atoms with Gasteiger partial charge in [-0.3, -0.25) is 4.79 Å². The second-order valence-corrected chi connectivity index (χ2v) is 7.53. The van der Waals surface area contributed by atoms with Gasteiger partial charge in [-0.2, -0.15) is 11.8 Å². The summed E-state index contributed by atoms with van der Waals surface area (Å²) in [5.41, 5.74) is -0.815. The molecule has 1 saturated heterocycles. The van der Waals surface area contributed by atoms with Crippen molar-refractivity contribution in [3.63, 3.8) is 0 Å². The molecule has 1 unspecified atom stereocenters. The fourth-order valence-electron chi connectivity index (χ4n) is 2.06. The Morgan fingerprint density at radius 3 is 2.63 bits per heavy atom. The highest BCUT2D eigenvalue weighted by molar-refractivity contribution is 7.99. The van der Waals surface area contributed by atoms with Gasteiger partial charge >= 0.3 is 12.0 Å². The van der Waals surface area contributed by atoms with E-state index in [1.165, 1.54) is 0 Å². The molecular weight excluding hydrogens is 264 g/mol. The number of thioether (sulfide) groups is 1. The molecule has 0 aromatic heterocycles. The average Bonchev–Trinajstić information content (AvgIpc) is 2.36. The molecule has 0 saturated carbocycles. The Labute approximate surface area is 119 Å². The van der Waals surface area contributed by atoms with Crippen LogP contribution in [0.15, 0.2) is 0 Å². The number of aliphatic carboxylic acids is 1. The lowest BCUT2D eigenvalue weighted by Gasteiger charge is -2.38. The van der Waals surface area contributed by atoms with Crippen LogP contribution in [-0.2, 0) is 4.79 Å². The van der Waals surface area contributed by atoms with Crippen LogP contribution in [0.4, 0.5) is 4.79 Å². The molecule has 1 fully saturated rings. The molecule has 19 heavy (non-hydrogen) atoms. The fraction of sp³-hybridized carbons (Fsp3) is 0.846. The van der Waals surface area contributed by atoms with Crippen LogP contribution in [-0.4, -0.2) is 52.6 Å². The molecule has 5 nitrogen and oxygen atoms in total. The van der Waals surface area contributed by atoms with Gasteiger partial charge in [-0.25, -0.2) is 4.79 Å². The Morgan fingerprint density at radius 1 is 1.47 bits per heavy atom. The van der Waals surface area contributed by atoms with Crippen molar-refractivity contribution in [3.05, 3.63) is 0 Å². The number of rotatable bonds is 4. The fourth-order valence-corrected chi connectivity index (χ4v) is 2.28.